The van der Waals surface area contributed by atoms with Gasteiger partial charge in [-0.1, -0.05) is 31.9 Å². The number of hydrogen-bond acceptors (Lipinski definition) is 6. The summed E-state index contributed by atoms with van der Waals surface area (Å²) >= 11 is 0. The van der Waals surface area contributed by atoms with Gasteiger partial charge in [0.1, 0.15) is 5.82 Å². The number of halogens is 1. The number of pyridine rings is 1. The van der Waals surface area contributed by atoms with Gasteiger partial charge in [-0.25, -0.2) is 27.3 Å². The Balaban J connectivity index is 1.67. The van der Waals surface area contributed by atoms with Crippen molar-refractivity contribution in [2.45, 2.75) is 43.9 Å². The average Bonchev–Trinajstić information content (AvgIpc) is 2.89. The molecule has 0 atom stereocenters. The molecule has 3 N–H and O–H groups in total. The third-order valence-electron chi connectivity index (χ3n) is 5.72. The molecule has 0 spiro atoms. The number of rotatable bonds is 12. The minimum atomic E-state index is -4.25. The second-order valence-electron chi connectivity index (χ2n) is 8.59. The summed E-state index contributed by atoms with van der Waals surface area (Å²) in [7, 11) is -4.25. The molecule has 0 aliphatic rings. The normalized spacial score (nSPS) is 11.1. The first kappa shape index (κ1) is 28.5. The van der Waals surface area contributed by atoms with E-state index in [2.05, 4.69) is 10.3 Å². The standard InChI is InChI=1S/C27H28FN3O6S/c1-2-3-4-7-20-16-21(17-30-24(20)27(34)35)26(33)31-38(36,37)23-8-5-6-18(15-23)13-14-29-25(32)19-9-11-22(28)12-10-19/h5-6,8-12,15-17H,2-4,7,13-14H2,1H3,(H,29,32)(H,31,33)(H,34,35). The second-order valence-corrected chi connectivity index (χ2v) is 10.3. The van der Waals surface area contributed by atoms with E-state index >= 15 is 0 Å². The molecule has 1 aromatic heterocycles. The quantitative estimate of drug-likeness (QED) is 0.297. The van der Waals surface area contributed by atoms with Crippen molar-refractivity contribution in [2.75, 3.05) is 6.54 Å². The molecule has 0 bridgehead atoms. The molecule has 11 heteroatoms. The number of amides is 2. The Labute approximate surface area is 220 Å². The van der Waals surface area contributed by atoms with Gasteiger partial charge in [0.25, 0.3) is 21.8 Å². The van der Waals surface area contributed by atoms with Gasteiger partial charge in [0, 0.05) is 18.3 Å². The molecule has 0 unspecified atom stereocenters. The van der Waals surface area contributed by atoms with E-state index in [1.807, 2.05) is 11.6 Å². The van der Waals surface area contributed by atoms with Crippen molar-refractivity contribution in [3.63, 3.8) is 0 Å². The maximum atomic E-state index is 13.0. The first-order chi connectivity index (χ1) is 18.1. The smallest absolute Gasteiger partial charge is 0.354 e. The van der Waals surface area contributed by atoms with Crippen molar-refractivity contribution in [3.05, 3.63) is 94.6 Å². The SMILES string of the molecule is CCCCCc1cc(C(=O)NS(=O)(=O)c2cccc(CCNC(=O)c3ccc(F)cc3)c2)cnc1C(=O)O. The predicted molar refractivity (Wildman–Crippen MR) is 138 cm³/mol. The highest BCUT2D eigenvalue weighted by Gasteiger charge is 2.21. The minimum absolute atomic E-state index is 0.0651. The molecule has 1 heterocycles. The summed E-state index contributed by atoms with van der Waals surface area (Å²) in [6, 6.07) is 12.4. The van der Waals surface area contributed by atoms with E-state index in [9.17, 15) is 32.3 Å². The molecule has 2 aromatic carbocycles. The highest BCUT2D eigenvalue weighted by atomic mass is 32.2. The molecular weight excluding hydrogens is 513 g/mol. The molecule has 2 amide bonds. The number of aryl methyl sites for hydroxylation is 1. The van der Waals surface area contributed by atoms with Crippen LogP contribution in [0.5, 0.6) is 0 Å². The predicted octanol–water partition coefficient (Wildman–Crippen LogP) is 3.74. The number of aromatic nitrogens is 1. The Kier molecular flexibility index (Phi) is 9.66. The van der Waals surface area contributed by atoms with Gasteiger partial charge in [-0.2, -0.15) is 0 Å². The third-order valence-corrected chi connectivity index (χ3v) is 7.05. The lowest BCUT2D eigenvalue weighted by molar-refractivity contribution is 0.0688. The van der Waals surface area contributed by atoms with Crippen LogP contribution in [0.1, 0.15) is 68.5 Å². The highest BCUT2D eigenvalue weighted by molar-refractivity contribution is 7.90. The number of unbranched alkanes of at least 4 members (excludes halogenated alkanes) is 2. The molecule has 0 aliphatic carbocycles. The van der Waals surface area contributed by atoms with E-state index in [1.54, 1.807) is 6.07 Å². The van der Waals surface area contributed by atoms with E-state index in [1.165, 1.54) is 48.5 Å². The molecule has 0 fully saturated rings. The van der Waals surface area contributed by atoms with Crippen LogP contribution in [0.15, 0.2) is 65.7 Å². The minimum Gasteiger partial charge on any atom is -0.477 e. The number of carboxylic acids is 1. The molecule has 0 radical (unpaired) electrons. The largest absolute Gasteiger partial charge is 0.477 e. The summed E-state index contributed by atoms with van der Waals surface area (Å²) in [5.41, 5.74) is 1.03. The van der Waals surface area contributed by atoms with Gasteiger partial charge in [-0.15, -0.1) is 0 Å². The Bertz CT molecular complexity index is 1420. The number of carboxylic acid groups (broad SMARTS) is 1. The van der Waals surface area contributed by atoms with E-state index in [4.69, 9.17) is 0 Å². The number of nitrogens with one attached hydrogen (secondary N) is 2. The number of benzene rings is 2. The van der Waals surface area contributed by atoms with Crippen molar-refractivity contribution in [2.24, 2.45) is 0 Å². The van der Waals surface area contributed by atoms with Crippen LogP contribution >= 0.6 is 0 Å². The van der Waals surface area contributed by atoms with Crippen LogP contribution in [-0.4, -0.2) is 42.8 Å². The first-order valence-electron chi connectivity index (χ1n) is 12.0. The molecule has 3 aromatic rings. The molecule has 0 aliphatic heterocycles. The Morgan fingerprint density at radius 1 is 0.947 bits per heavy atom. The van der Waals surface area contributed by atoms with E-state index in [0.717, 1.165) is 19.0 Å². The summed E-state index contributed by atoms with van der Waals surface area (Å²) in [6.07, 6.45) is 4.25. The van der Waals surface area contributed by atoms with Gasteiger partial charge in [0.2, 0.25) is 0 Å². The monoisotopic (exact) mass is 541 g/mol. The molecule has 0 saturated heterocycles. The van der Waals surface area contributed by atoms with Gasteiger partial charge in [-0.3, -0.25) is 9.59 Å². The Morgan fingerprint density at radius 2 is 1.68 bits per heavy atom. The van der Waals surface area contributed by atoms with Crippen LogP contribution in [0, 0.1) is 5.82 Å². The summed E-state index contributed by atoms with van der Waals surface area (Å²) in [5.74, 6) is -2.99. The van der Waals surface area contributed by atoms with Crippen molar-refractivity contribution in [1.82, 2.24) is 15.0 Å². The molecule has 38 heavy (non-hydrogen) atoms. The lowest BCUT2D eigenvalue weighted by Gasteiger charge is -2.11. The number of hydrogen-bond donors (Lipinski definition) is 3. The van der Waals surface area contributed by atoms with Crippen LogP contribution in [-0.2, 0) is 22.9 Å². The zero-order valence-electron chi connectivity index (χ0n) is 20.7. The van der Waals surface area contributed by atoms with Gasteiger partial charge in [0.05, 0.1) is 10.5 Å². The zero-order valence-corrected chi connectivity index (χ0v) is 21.6. The van der Waals surface area contributed by atoms with Crippen LogP contribution in [0.25, 0.3) is 0 Å². The van der Waals surface area contributed by atoms with Gasteiger partial charge < -0.3 is 10.4 Å². The van der Waals surface area contributed by atoms with E-state index < -0.39 is 33.6 Å². The number of nitrogens with zero attached hydrogens (tertiary/aromatic N) is 1. The Hall–Kier alpha value is -4.12. The van der Waals surface area contributed by atoms with Crippen LogP contribution < -0.4 is 10.0 Å². The number of sulfonamides is 1. The fourth-order valence-corrected chi connectivity index (χ4v) is 4.76. The van der Waals surface area contributed by atoms with Crippen LogP contribution in [0.4, 0.5) is 4.39 Å². The van der Waals surface area contributed by atoms with E-state index in [0.29, 0.717) is 36.0 Å². The Morgan fingerprint density at radius 3 is 2.37 bits per heavy atom. The number of carbonyl (C=O) groups is 3. The molecular formula is C27H28FN3O6S. The third kappa shape index (κ3) is 7.69. The molecule has 200 valence electrons. The van der Waals surface area contributed by atoms with Crippen molar-refractivity contribution >= 4 is 27.8 Å². The fraction of sp³-hybridized carbons (Fsp3) is 0.259. The summed E-state index contributed by atoms with van der Waals surface area (Å²) in [5, 5.41) is 12.1. The molecule has 3 rings (SSSR count). The number of aromatic carboxylic acids is 1. The summed E-state index contributed by atoms with van der Waals surface area (Å²) < 4.78 is 40.8. The van der Waals surface area contributed by atoms with Crippen LogP contribution in [0.2, 0.25) is 0 Å². The van der Waals surface area contributed by atoms with Crippen molar-refractivity contribution in [3.8, 4) is 0 Å². The van der Waals surface area contributed by atoms with Crippen LogP contribution in [0.3, 0.4) is 0 Å². The highest BCUT2D eigenvalue weighted by Crippen LogP contribution is 2.16. The summed E-state index contributed by atoms with van der Waals surface area (Å²) in [4.78, 5) is 40.1. The number of carbonyl (C=O) groups excluding carboxylic acids is 2. The van der Waals surface area contributed by atoms with Crippen molar-refractivity contribution < 1.29 is 32.3 Å². The molecule has 9 nitrogen and oxygen atoms in total. The average molecular weight is 542 g/mol. The van der Waals surface area contributed by atoms with Gasteiger partial charge in [0.15, 0.2) is 5.69 Å². The maximum absolute atomic E-state index is 13.0. The van der Waals surface area contributed by atoms with E-state index in [-0.39, 0.29) is 22.7 Å². The van der Waals surface area contributed by atoms with Gasteiger partial charge in [-0.05, 0) is 72.9 Å². The lowest BCUT2D eigenvalue weighted by atomic mass is 10.0. The lowest BCUT2D eigenvalue weighted by Crippen LogP contribution is -2.31. The fourth-order valence-electron chi connectivity index (χ4n) is 3.71. The zero-order chi connectivity index (χ0) is 27.7. The maximum Gasteiger partial charge on any atom is 0.354 e. The van der Waals surface area contributed by atoms with Crippen molar-refractivity contribution in [1.29, 1.82) is 0 Å². The topological polar surface area (TPSA) is 143 Å². The summed E-state index contributed by atoms with van der Waals surface area (Å²) in [6.45, 7) is 2.21. The second kappa shape index (κ2) is 12.9. The van der Waals surface area contributed by atoms with Gasteiger partial charge >= 0.3 is 5.97 Å². The first-order valence-corrected chi connectivity index (χ1v) is 13.5. The molecule has 0 saturated carbocycles.